The van der Waals surface area contributed by atoms with Crippen LogP contribution in [0.15, 0.2) is 34.9 Å². The minimum Gasteiger partial charge on any atom is -0.339 e. The standard InChI is InChI=1S/C24H29N5O2/c1-16-7-9-20(10-8-16)14-29-18(3)22(17(2)26-29)11-12-23(30)28-13-5-6-21(15-28)24-25-19(4)27-31-24/h7-12,21H,5-6,13-15H2,1-4H3. The Kier molecular flexibility index (Phi) is 6.02. The Morgan fingerprint density at radius 1 is 1.19 bits per heavy atom. The zero-order valence-corrected chi connectivity index (χ0v) is 18.6. The molecule has 31 heavy (non-hydrogen) atoms. The predicted octanol–water partition coefficient (Wildman–Crippen LogP) is 3.97. The van der Waals surface area contributed by atoms with Crippen molar-refractivity contribution in [2.45, 2.75) is 53.0 Å². The first kappa shape index (κ1) is 21.0. The molecule has 2 aromatic heterocycles. The number of likely N-dealkylation sites (tertiary alicyclic amines) is 1. The van der Waals surface area contributed by atoms with Crippen LogP contribution in [0, 0.1) is 27.7 Å². The van der Waals surface area contributed by atoms with Crippen LogP contribution in [0.3, 0.4) is 0 Å². The SMILES string of the molecule is Cc1ccc(Cn2nc(C)c(C=CC(=O)N3CCCC(c4nc(C)no4)C3)c2C)cc1. The molecule has 1 fully saturated rings. The molecular formula is C24H29N5O2. The highest BCUT2D eigenvalue weighted by molar-refractivity contribution is 5.92. The summed E-state index contributed by atoms with van der Waals surface area (Å²) in [6.07, 6.45) is 5.44. The van der Waals surface area contributed by atoms with Crippen LogP contribution in [0.25, 0.3) is 6.08 Å². The van der Waals surface area contributed by atoms with E-state index in [4.69, 9.17) is 4.52 Å². The van der Waals surface area contributed by atoms with E-state index in [1.54, 1.807) is 6.08 Å². The van der Waals surface area contributed by atoms with Crippen LogP contribution >= 0.6 is 0 Å². The van der Waals surface area contributed by atoms with Crippen LogP contribution in [0.4, 0.5) is 0 Å². The fraction of sp³-hybridized carbons (Fsp3) is 0.417. The number of nitrogens with zero attached hydrogens (tertiary/aromatic N) is 5. The molecule has 1 aromatic carbocycles. The highest BCUT2D eigenvalue weighted by Gasteiger charge is 2.27. The zero-order chi connectivity index (χ0) is 22.0. The minimum atomic E-state index is 0.00558. The van der Waals surface area contributed by atoms with Crippen LogP contribution in [0.1, 0.15) is 58.6 Å². The summed E-state index contributed by atoms with van der Waals surface area (Å²) >= 11 is 0. The Morgan fingerprint density at radius 2 is 1.97 bits per heavy atom. The molecule has 1 aliphatic rings. The van der Waals surface area contributed by atoms with Gasteiger partial charge in [0, 0.05) is 30.4 Å². The summed E-state index contributed by atoms with van der Waals surface area (Å²) in [4.78, 5) is 19.1. The van der Waals surface area contributed by atoms with E-state index < -0.39 is 0 Å². The van der Waals surface area contributed by atoms with Gasteiger partial charge in [0.25, 0.3) is 0 Å². The predicted molar refractivity (Wildman–Crippen MR) is 119 cm³/mol. The summed E-state index contributed by atoms with van der Waals surface area (Å²) in [6, 6.07) is 8.48. The molecule has 162 valence electrons. The number of hydrogen-bond acceptors (Lipinski definition) is 5. The lowest BCUT2D eigenvalue weighted by Crippen LogP contribution is -2.38. The van der Waals surface area contributed by atoms with Gasteiger partial charge in [-0.1, -0.05) is 35.0 Å². The quantitative estimate of drug-likeness (QED) is 0.585. The second-order valence-electron chi connectivity index (χ2n) is 8.36. The maximum Gasteiger partial charge on any atom is 0.246 e. The molecular weight excluding hydrogens is 390 g/mol. The maximum atomic E-state index is 12.9. The van der Waals surface area contributed by atoms with Crippen molar-refractivity contribution < 1.29 is 9.32 Å². The molecule has 0 radical (unpaired) electrons. The molecule has 3 heterocycles. The van der Waals surface area contributed by atoms with Crippen molar-refractivity contribution in [3.8, 4) is 0 Å². The molecule has 1 atom stereocenters. The van der Waals surface area contributed by atoms with Crippen LogP contribution in [-0.4, -0.2) is 43.8 Å². The van der Waals surface area contributed by atoms with Gasteiger partial charge in [-0.2, -0.15) is 10.1 Å². The van der Waals surface area contributed by atoms with E-state index in [1.807, 2.05) is 36.4 Å². The van der Waals surface area contributed by atoms with E-state index in [2.05, 4.69) is 46.4 Å². The Bertz CT molecular complexity index is 1090. The van der Waals surface area contributed by atoms with Crippen molar-refractivity contribution in [3.63, 3.8) is 0 Å². The zero-order valence-electron chi connectivity index (χ0n) is 18.6. The van der Waals surface area contributed by atoms with E-state index in [9.17, 15) is 4.79 Å². The number of aromatic nitrogens is 4. The first-order valence-electron chi connectivity index (χ1n) is 10.8. The van der Waals surface area contributed by atoms with Crippen molar-refractivity contribution in [1.82, 2.24) is 24.8 Å². The van der Waals surface area contributed by atoms with Crippen molar-refractivity contribution in [1.29, 1.82) is 0 Å². The summed E-state index contributed by atoms with van der Waals surface area (Å²) < 4.78 is 7.32. The van der Waals surface area contributed by atoms with Crippen LogP contribution in [0.2, 0.25) is 0 Å². The highest BCUT2D eigenvalue weighted by Crippen LogP contribution is 2.26. The lowest BCUT2D eigenvalue weighted by Gasteiger charge is -2.30. The third kappa shape index (κ3) is 4.76. The molecule has 1 aliphatic heterocycles. The molecule has 4 rings (SSSR count). The number of benzene rings is 1. The maximum absolute atomic E-state index is 12.9. The topological polar surface area (TPSA) is 77.1 Å². The van der Waals surface area contributed by atoms with Gasteiger partial charge in [0.1, 0.15) is 0 Å². The number of rotatable bonds is 5. The van der Waals surface area contributed by atoms with Crippen molar-refractivity contribution in [3.05, 3.63) is 70.1 Å². The van der Waals surface area contributed by atoms with E-state index in [1.165, 1.54) is 11.1 Å². The Balaban J connectivity index is 1.44. The number of carbonyl (C=O) groups is 1. The molecule has 7 heteroatoms. The largest absolute Gasteiger partial charge is 0.339 e. The van der Waals surface area contributed by atoms with Crippen molar-refractivity contribution >= 4 is 12.0 Å². The molecule has 1 amide bonds. The number of hydrogen-bond donors (Lipinski definition) is 0. The van der Waals surface area contributed by atoms with Gasteiger partial charge in [-0.25, -0.2) is 0 Å². The lowest BCUT2D eigenvalue weighted by molar-refractivity contribution is -0.127. The Labute approximate surface area is 182 Å². The number of carbonyl (C=O) groups excluding carboxylic acids is 1. The normalized spacial score (nSPS) is 16.9. The van der Waals surface area contributed by atoms with Gasteiger partial charge in [0.2, 0.25) is 11.8 Å². The van der Waals surface area contributed by atoms with Crippen LogP contribution in [-0.2, 0) is 11.3 Å². The molecule has 0 saturated carbocycles. The minimum absolute atomic E-state index is 0.00558. The average Bonchev–Trinajstić information content (AvgIpc) is 3.31. The van der Waals surface area contributed by atoms with E-state index in [-0.39, 0.29) is 11.8 Å². The van der Waals surface area contributed by atoms with Gasteiger partial charge < -0.3 is 9.42 Å². The number of amides is 1. The lowest BCUT2D eigenvalue weighted by atomic mass is 9.98. The smallest absolute Gasteiger partial charge is 0.246 e. The van der Waals surface area contributed by atoms with Gasteiger partial charge in [-0.05, 0) is 52.2 Å². The third-order valence-electron chi connectivity index (χ3n) is 5.91. The van der Waals surface area contributed by atoms with Crippen molar-refractivity contribution in [2.24, 2.45) is 0 Å². The number of piperidine rings is 1. The van der Waals surface area contributed by atoms with E-state index >= 15 is 0 Å². The molecule has 1 unspecified atom stereocenters. The van der Waals surface area contributed by atoms with Gasteiger partial charge >= 0.3 is 0 Å². The fourth-order valence-corrected chi connectivity index (χ4v) is 4.09. The Hall–Kier alpha value is -3.22. The van der Waals surface area contributed by atoms with E-state index in [0.29, 0.717) is 24.8 Å². The number of aryl methyl sites for hydroxylation is 3. The van der Waals surface area contributed by atoms with Crippen LogP contribution < -0.4 is 0 Å². The van der Waals surface area contributed by atoms with E-state index in [0.717, 1.165) is 36.3 Å². The molecule has 1 saturated heterocycles. The third-order valence-corrected chi connectivity index (χ3v) is 5.91. The summed E-state index contributed by atoms with van der Waals surface area (Å²) in [7, 11) is 0. The fourth-order valence-electron chi connectivity index (χ4n) is 4.09. The Morgan fingerprint density at radius 3 is 2.68 bits per heavy atom. The second kappa shape index (κ2) is 8.88. The summed E-state index contributed by atoms with van der Waals surface area (Å²) in [5.74, 6) is 1.37. The van der Waals surface area contributed by atoms with Crippen molar-refractivity contribution in [2.75, 3.05) is 13.1 Å². The molecule has 0 spiro atoms. The van der Waals surface area contributed by atoms with Gasteiger partial charge in [0.05, 0.1) is 18.2 Å². The first-order valence-corrected chi connectivity index (χ1v) is 10.8. The summed E-state index contributed by atoms with van der Waals surface area (Å²) in [6.45, 7) is 10.00. The monoisotopic (exact) mass is 419 g/mol. The molecule has 0 aliphatic carbocycles. The molecule has 7 nitrogen and oxygen atoms in total. The molecule has 0 bridgehead atoms. The molecule has 3 aromatic rings. The summed E-state index contributed by atoms with van der Waals surface area (Å²) in [5.41, 5.74) is 5.43. The summed E-state index contributed by atoms with van der Waals surface area (Å²) in [5, 5.41) is 8.57. The van der Waals surface area contributed by atoms with Gasteiger partial charge in [-0.15, -0.1) is 0 Å². The first-order chi connectivity index (χ1) is 14.9. The second-order valence-corrected chi connectivity index (χ2v) is 8.36. The molecule has 0 N–H and O–H groups in total. The van der Waals surface area contributed by atoms with Crippen LogP contribution in [0.5, 0.6) is 0 Å². The van der Waals surface area contributed by atoms with Gasteiger partial charge in [-0.3, -0.25) is 9.48 Å². The van der Waals surface area contributed by atoms with Gasteiger partial charge in [0.15, 0.2) is 5.82 Å². The average molecular weight is 420 g/mol. The highest BCUT2D eigenvalue weighted by atomic mass is 16.5.